The van der Waals surface area contributed by atoms with E-state index in [-0.39, 0.29) is 0 Å². The van der Waals surface area contributed by atoms with E-state index in [0.29, 0.717) is 4.83 Å². The number of thiophene rings is 1. The van der Waals surface area contributed by atoms with E-state index in [1.165, 1.54) is 4.88 Å². The molecule has 1 atom stereocenters. The number of halogens is 3. The SMILES string of the molecule is CCC(Br)c1cc(Br)c(Cl)s1. The lowest BCUT2D eigenvalue weighted by Gasteiger charge is -2.00. The van der Waals surface area contributed by atoms with Crippen LogP contribution in [0.4, 0.5) is 0 Å². The van der Waals surface area contributed by atoms with Crippen molar-refractivity contribution in [2.24, 2.45) is 0 Å². The van der Waals surface area contributed by atoms with Crippen molar-refractivity contribution in [2.75, 3.05) is 0 Å². The van der Waals surface area contributed by atoms with Crippen LogP contribution < -0.4 is 0 Å². The fourth-order valence-electron chi connectivity index (χ4n) is 0.719. The van der Waals surface area contributed by atoms with E-state index in [4.69, 9.17) is 11.6 Å². The van der Waals surface area contributed by atoms with Gasteiger partial charge >= 0.3 is 0 Å². The molecule has 4 heteroatoms. The van der Waals surface area contributed by atoms with Crippen LogP contribution in [0.3, 0.4) is 0 Å². The zero-order chi connectivity index (χ0) is 8.43. The average Bonchev–Trinajstić information content (AvgIpc) is 2.31. The van der Waals surface area contributed by atoms with Gasteiger partial charge in [-0.25, -0.2) is 0 Å². The molecule has 62 valence electrons. The molecule has 0 aliphatic heterocycles. The minimum absolute atomic E-state index is 0.441. The molecule has 1 unspecified atom stereocenters. The fraction of sp³-hybridized carbons (Fsp3) is 0.429. The standard InChI is InChI=1S/C7H7Br2ClS/c1-2-4(8)6-3-5(9)7(10)11-6/h3-4H,2H2,1H3. The molecule has 1 aromatic heterocycles. The van der Waals surface area contributed by atoms with Gasteiger partial charge in [-0.15, -0.1) is 11.3 Å². The van der Waals surface area contributed by atoms with Crippen LogP contribution >= 0.6 is 54.8 Å². The second-order valence-corrected chi connectivity index (χ2v) is 5.79. The number of hydrogen-bond donors (Lipinski definition) is 0. The molecule has 0 saturated carbocycles. The second kappa shape index (κ2) is 4.26. The Hall–Kier alpha value is 0.950. The molecule has 0 fully saturated rings. The zero-order valence-corrected chi connectivity index (χ0v) is 10.6. The highest BCUT2D eigenvalue weighted by molar-refractivity contribution is 9.10. The number of rotatable bonds is 2. The minimum Gasteiger partial charge on any atom is -0.126 e. The number of hydrogen-bond acceptors (Lipinski definition) is 1. The van der Waals surface area contributed by atoms with Gasteiger partial charge in [0.05, 0.1) is 0 Å². The van der Waals surface area contributed by atoms with Gasteiger partial charge in [0, 0.05) is 14.2 Å². The van der Waals surface area contributed by atoms with Crippen LogP contribution in [0.1, 0.15) is 23.0 Å². The predicted octanol–water partition coefficient (Wildman–Crippen LogP) is 5.01. The van der Waals surface area contributed by atoms with E-state index in [2.05, 4.69) is 44.8 Å². The van der Waals surface area contributed by atoms with Gasteiger partial charge in [-0.1, -0.05) is 34.5 Å². The molecule has 0 nitrogen and oxygen atoms in total. The summed E-state index contributed by atoms with van der Waals surface area (Å²) in [5, 5.41) is 0. The van der Waals surface area contributed by atoms with E-state index >= 15 is 0 Å². The highest BCUT2D eigenvalue weighted by Gasteiger charge is 2.10. The van der Waals surface area contributed by atoms with Gasteiger partial charge in [0.2, 0.25) is 0 Å². The number of alkyl halides is 1. The van der Waals surface area contributed by atoms with Crippen molar-refractivity contribution in [1.29, 1.82) is 0 Å². The second-order valence-electron chi connectivity index (χ2n) is 2.15. The lowest BCUT2D eigenvalue weighted by atomic mass is 10.3. The summed E-state index contributed by atoms with van der Waals surface area (Å²) in [4.78, 5) is 1.72. The van der Waals surface area contributed by atoms with Gasteiger partial charge in [-0.3, -0.25) is 0 Å². The first-order chi connectivity index (χ1) is 5.15. The van der Waals surface area contributed by atoms with Crippen LogP contribution in [0.25, 0.3) is 0 Å². The van der Waals surface area contributed by atoms with Gasteiger partial charge < -0.3 is 0 Å². The summed E-state index contributed by atoms with van der Waals surface area (Å²) in [7, 11) is 0. The van der Waals surface area contributed by atoms with E-state index in [0.717, 1.165) is 15.2 Å². The minimum atomic E-state index is 0.441. The molecule has 11 heavy (non-hydrogen) atoms. The van der Waals surface area contributed by atoms with E-state index in [1.54, 1.807) is 11.3 Å². The predicted molar refractivity (Wildman–Crippen MR) is 59.0 cm³/mol. The molecule has 0 spiro atoms. The third-order valence-corrected chi connectivity index (χ3v) is 5.36. The van der Waals surface area contributed by atoms with Crippen molar-refractivity contribution in [2.45, 2.75) is 18.2 Å². The molecule has 0 aromatic carbocycles. The van der Waals surface area contributed by atoms with Crippen LogP contribution in [-0.2, 0) is 0 Å². The molecule has 1 rings (SSSR count). The first-order valence-electron chi connectivity index (χ1n) is 3.24. The molecule has 0 N–H and O–H groups in total. The van der Waals surface area contributed by atoms with E-state index in [1.807, 2.05) is 0 Å². The van der Waals surface area contributed by atoms with Crippen molar-refractivity contribution >= 4 is 54.8 Å². The lowest BCUT2D eigenvalue weighted by molar-refractivity contribution is 0.929. The Balaban J connectivity index is 2.88. The fourth-order valence-corrected chi connectivity index (χ4v) is 2.93. The van der Waals surface area contributed by atoms with Crippen molar-refractivity contribution in [3.8, 4) is 0 Å². The van der Waals surface area contributed by atoms with Crippen LogP contribution in [0.2, 0.25) is 4.34 Å². The highest BCUT2D eigenvalue weighted by atomic mass is 79.9. The summed E-state index contributed by atoms with van der Waals surface area (Å²) < 4.78 is 1.83. The molecule has 1 heterocycles. The summed E-state index contributed by atoms with van der Waals surface area (Å²) >= 11 is 14.4. The van der Waals surface area contributed by atoms with Gasteiger partial charge in [-0.05, 0) is 28.4 Å². The molecule has 0 saturated heterocycles. The molecule has 0 radical (unpaired) electrons. The van der Waals surface area contributed by atoms with Crippen molar-refractivity contribution < 1.29 is 0 Å². The largest absolute Gasteiger partial charge is 0.126 e. The first-order valence-corrected chi connectivity index (χ1v) is 6.14. The summed E-state index contributed by atoms with van der Waals surface area (Å²) in [6.07, 6.45) is 1.09. The monoisotopic (exact) mass is 316 g/mol. The Bertz CT molecular complexity index is 227. The summed E-state index contributed by atoms with van der Waals surface area (Å²) in [5.74, 6) is 0. The van der Waals surface area contributed by atoms with Crippen LogP contribution in [0.15, 0.2) is 10.5 Å². The average molecular weight is 318 g/mol. The maximum atomic E-state index is 5.88. The van der Waals surface area contributed by atoms with Crippen molar-refractivity contribution in [1.82, 2.24) is 0 Å². The molecule has 0 aliphatic rings. The Kier molecular flexibility index (Phi) is 3.89. The molecule has 0 amide bonds. The van der Waals surface area contributed by atoms with Gasteiger partial charge in [0.25, 0.3) is 0 Å². The maximum Gasteiger partial charge on any atom is 0.107 e. The topological polar surface area (TPSA) is 0 Å². The molecular formula is C7H7Br2ClS. The van der Waals surface area contributed by atoms with Crippen LogP contribution in [-0.4, -0.2) is 0 Å². The molecule has 0 aliphatic carbocycles. The van der Waals surface area contributed by atoms with Gasteiger partial charge in [0.15, 0.2) is 0 Å². The molecule has 1 aromatic rings. The first kappa shape index (κ1) is 10.0. The van der Waals surface area contributed by atoms with Crippen molar-refractivity contribution in [3.63, 3.8) is 0 Å². The van der Waals surface area contributed by atoms with E-state index in [9.17, 15) is 0 Å². The van der Waals surface area contributed by atoms with Crippen LogP contribution in [0.5, 0.6) is 0 Å². The Labute approximate surface area is 92.2 Å². The smallest absolute Gasteiger partial charge is 0.107 e. The molecule has 0 bridgehead atoms. The van der Waals surface area contributed by atoms with Crippen molar-refractivity contribution in [3.05, 3.63) is 19.8 Å². The zero-order valence-electron chi connectivity index (χ0n) is 5.90. The van der Waals surface area contributed by atoms with E-state index < -0.39 is 0 Å². The third kappa shape index (κ3) is 2.44. The van der Waals surface area contributed by atoms with Gasteiger partial charge in [-0.2, -0.15) is 0 Å². The lowest BCUT2D eigenvalue weighted by Crippen LogP contribution is -1.79. The Morgan fingerprint density at radius 3 is 2.73 bits per heavy atom. The maximum absolute atomic E-state index is 5.88. The Morgan fingerprint density at radius 2 is 2.36 bits per heavy atom. The van der Waals surface area contributed by atoms with Crippen LogP contribution in [0, 0.1) is 0 Å². The van der Waals surface area contributed by atoms with Gasteiger partial charge in [0.1, 0.15) is 4.34 Å². The highest BCUT2D eigenvalue weighted by Crippen LogP contribution is 2.39. The summed E-state index contributed by atoms with van der Waals surface area (Å²) in [6.45, 7) is 2.14. The third-order valence-electron chi connectivity index (χ3n) is 1.33. The summed E-state index contributed by atoms with van der Waals surface area (Å²) in [5.41, 5.74) is 0. The Morgan fingerprint density at radius 1 is 1.73 bits per heavy atom. The summed E-state index contributed by atoms with van der Waals surface area (Å²) in [6, 6.07) is 2.07. The molecular weight excluding hydrogens is 311 g/mol. The quantitative estimate of drug-likeness (QED) is 0.672. The normalized spacial score (nSPS) is 13.5.